The van der Waals surface area contributed by atoms with Crippen LogP contribution in [-0.2, 0) is 24.4 Å². The molecule has 3 rings (SSSR count). The molecule has 0 unspecified atom stereocenters. The summed E-state index contributed by atoms with van der Waals surface area (Å²) in [6.07, 6.45) is 3.83. The zero-order valence-corrected chi connectivity index (χ0v) is 14.2. The maximum atomic E-state index is 5.13. The van der Waals surface area contributed by atoms with Crippen molar-refractivity contribution in [3.05, 3.63) is 47.5 Å². The maximum absolute atomic E-state index is 5.13. The van der Waals surface area contributed by atoms with Crippen LogP contribution in [0.1, 0.15) is 11.5 Å². The molecule has 0 aliphatic heterocycles. The fourth-order valence-corrected chi connectivity index (χ4v) is 3.15. The molecule has 6 nitrogen and oxygen atoms in total. The Morgan fingerprint density at radius 1 is 1.39 bits per heavy atom. The van der Waals surface area contributed by atoms with Crippen LogP contribution >= 0.6 is 11.3 Å². The smallest absolute Gasteiger partial charge is 0.122 e. The molecular formula is C16H21N5OS. The SMILES string of the molecule is COCCn1ccnc1CN(C)Cc1cc(-c2cccs2)n[nH]1. The van der Waals surface area contributed by atoms with Gasteiger partial charge in [0.15, 0.2) is 0 Å². The highest BCUT2D eigenvalue weighted by Gasteiger charge is 2.10. The van der Waals surface area contributed by atoms with E-state index >= 15 is 0 Å². The van der Waals surface area contributed by atoms with Gasteiger partial charge in [-0.25, -0.2) is 4.98 Å². The molecule has 0 aliphatic rings. The average Bonchev–Trinajstić information content (AvgIpc) is 3.26. The topological polar surface area (TPSA) is 59.0 Å². The lowest BCUT2D eigenvalue weighted by Gasteiger charge is -2.16. The Balaban J connectivity index is 1.59. The highest BCUT2D eigenvalue weighted by molar-refractivity contribution is 7.13. The second-order valence-electron chi connectivity index (χ2n) is 5.46. The highest BCUT2D eigenvalue weighted by Crippen LogP contribution is 2.23. The van der Waals surface area contributed by atoms with E-state index in [4.69, 9.17) is 4.74 Å². The van der Waals surface area contributed by atoms with Gasteiger partial charge < -0.3 is 9.30 Å². The van der Waals surface area contributed by atoms with E-state index in [0.29, 0.717) is 6.61 Å². The van der Waals surface area contributed by atoms with Gasteiger partial charge in [-0.15, -0.1) is 11.3 Å². The van der Waals surface area contributed by atoms with Crippen LogP contribution in [0.3, 0.4) is 0 Å². The molecule has 0 amide bonds. The largest absolute Gasteiger partial charge is 0.383 e. The second kappa shape index (κ2) is 7.54. The Morgan fingerprint density at radius 3 is 3.09 bits per heavy atom. The molecule has 0 saturated heterocycles. The first-order chi connectivity index (χ1) is 11.3. The van der Waals surface area contributed by atoms with Crippen LogP contribution in [-0.4, -0.2) is 45.4 Å². The van der Waals surface area contributed by atoms with Crippen molar-refractivity contribution in [1.29, 1.82) is 0 Å². The Bertz CT molecular complexity index is 719. The summed E-state index contributed by atoms with van der Waals surface area (Å²) < 4.78 is 7.26. The third-order valence-corrected chi connectivity index (χ3v) is 4.49. The predicted octanol–water partition coefficient (Wildman–Crippen LogP) is 2.61. The summed E-state index contributed by atoms with van der Waals surface area (Å²) in [5.74, 6) is 1.04. The number of methoxy groups -OCH3 is 1. The summed E-state index contributed by atoms with van der Waals surface area (Å²) in [5.41, 5.74) is 2.11. The molecule has 0 spiro atoms. The van der Waals surface area contributed by atoms with Crippen molar-refractivity contribution < 1.29 is 4.74 Å². The van der Waals surface area contributed by atoms with Crippen LogP contribution in [0.5, 0.6) is 0 Å². The number of ether oxygens (including phenoxy) is 1. The third kappa shape index (κ3) is 4.07. The first-order valence-electron chi connectivity index (χ1n) is 7.52. The quantitative estimate of drug-likeness (QED) is 0.689. The average molecular weight is 331 g/mol. The molecule has 0 aromatic carbocycles. The van der Waals surface area contributed by atoms with Gasteiger partial charge in [0, 0.05) is 38.3 Å². The van der Waals surface area contributed by atoms with Crippen LogP contribution < -0.4 is 0 Å². The molecule has 1 N–H and O–H groups in total. The summed E-state index contributed by atoms with van der Waals surface area (Å²) in [6.45, 7) is 3.10. The van der Waals surface area contributed by atoms with Gasteiger partial charge in [0.05, 0.1) is 18.0 Å². The molecule has 0 atom stereocenters. The van der Waals surface area contributed by atoms with Crippen LogP contribution in [0.15, 0.2) is 36.0 Å². The summed E-state index contributed by atoms with van der Waals surface area (Å²) in [7, 11) is 3.80. The molecule has 3 heterocycles. The summed E-state index contributed by atoms with van der Waals surface area (Å²) >= 11 is 1.70. The fourth-order valence-electron chi connectivity index (χ4n) is 2.47. The van der Waals surface area contributed by atoms with Crippen LogP contribution in [0.4, 0.5) is 0 Å². The molecule has 23 heavy (non-hydrogen) atoms. The monoisotopic (exact) mass is 331 g/mol. The number of hydrogen-bond acceptors (Lipinski definition) is 5. The first-order valence-corrected chi connectivity index (χ1v) is 8.40. The predicted molar refractivity (Wildman–Crippen MR) is 91.2 cm³/mol. The van der Waals surface area contributed by atoms with E-state index in [1.807, 2.05) is 18.5 Å². The lowest BCUT2D eigenvalue weighted by molar-refractivity contribution is 0.184. The Morgan fingerprint density at radius 2 is 2.30 bits per heavy atom. The second-order valence-corrected chi connectivity index (χ2v) is 6.41. The highest BCUT2D eigenvalue weighted by atomic mass is 32.1. The van der Waals surface area contributed by atoms with Gasteiger partial charge in [-0.2, -0.15) is 5.10 Å². The van der Waals surface area contributed by atoms with Gasteiger partial charge in [-0.05, 0) is 24.6 Å². The van der Waals surface area contributed by atoms with E-state index in [-0.39, 0.29) is 0 Å². The van der Waals surface area contributed by atoms with Gasteiger partial charge in [-0.1, -0.05) is 6.07 Å². The van der Waals surface area contributed by atoms with Crippen LogP contribution in [0.25, 0.3) is 10.6 Å². The minimum absolute atomic E-state index is 0.692. The number of aromatic amines is 1. The number of nitrogens with one attached hydrogen (secondary N) is 1. The van der Waals surface area contributed by atoms with Gasteiger partial charge in [0.25, 0.3) is 0 Å². The summed E-state index contributed by atoms with van der Waals surface area (Å²) in [4.78, 5) is 7.84. The Labute approximate surface area is 139 Å². The van der Waals surface area contributed by atoms with Gasteiger partial charge in [-0.3, -0.25) is 10.00 Å². The van der Waals surface area contributed by atoms with Crippen molar-refractivity contribution in [2.24, 2.45) is 0 Å². The standard InChI is InChI=1S/C16H21N5OS/c1-20(12-16-17-5-6-21(16)7-8-22-2)11-13-10-14(19-18-13)15-4-3-9-23-15/h3-6,9-10H,7-8,11-12H2,1-2H3,(H,18,19). The number of H-pyrrole nitrogens is 1. The first kappa shape index (κ1) is 15.9. The maximum Gasteiger partial charge on any atom is 0.122 e. The lowest BCUT2D eigenvalue weighted by atomic mass is 10.3. The minimum atomic E-state index is 0.692. The molecule has 7 heteroatoms. The van der Waals surface area contributed by atoms with Crippen molar-refractivity contribution in [1.82, 2.24) is 24.6 Å². The van der Waals surface area contributed by atoms with Crippen molar-refractivity contribution in [3.63, 3.8) is 0 Å². The lowest BCUT2D eigenvalue weighted by Crippen LogP contribution is -2.21. The summed E-state index contributed by atoms with van der Waals surface area (Å²) in [6, 6.07) is 6.24. The Kier molecular flexibility index (Phi) is 5.22. The molecule has 3 aromatic rings. The van der Waals surface area contributed by atoms with Gasteiger partial charge in [0.2, 0.25) is 0 Å². The van der Waals surface area contributed by atoms with E-state index in [1.54, 1.807) is 18.4 Å². The summed E-state index contributed by atoms with van der Waals surface area (Å²) in [5, 5.41) is 9.57. The van der Waals surface area contributed by atoms with E-state index in [2.05, 4.69) is 49.2 Å². The van der Waals surface area contributed by atoms with Crippen LogP contribution in [0.2, 0.25) is 0 Å². The molecule has 0 aliphatic carbocycles. The molecular weight excluding hydrogens is 310 g/mol. The zero-order valence-electron chi connectivity index (χ0n) is 13.4. The molecule has 0 bridgehead atoms. The molecule has 3 aromatic heterocycles. The molecule has 0 radical (unpaired) electrons. The number of imidazole rings is 1. The molecule has 0 fully saturated rings. The van der Waals surface area contributed by atoms with E-state index in [9.17, 15) is 0 Å². The minimum Gasteiger partial charge on any atom is -0.383 e. The molecule has 0 saturated carbocycles. The molecule has 122 valence electrons. The number of aromatic nitrogens is 4. The van der Waals surface area contributed by atoms with Gasteiger partial charge in [0.1, 0.15) is 11.5 Å². The van der Waals surface area contributed by atoms with Crippen molar-refractivity contribution in [2.75, 3.05) is 20.8 Å². The fraction of sp³-hybridized carbons (Fsp3) is 0.375. The zero-order chi connectivity index (χ0) is 16.1. The number of thiophene rings is 1. The number of rotatable bonds is 8. The van der Waals surface area contributed by atoms with E-state index in [1.165, 1.54) is 4.88 Å². The third-order valence-electron chi connectivity index (χ3n) is 3.59. The van der Waals surface area contributed by atoms with Crippen LogP contribution in [0, 0.1) is 0 Å². The van der Waals surface area contributed by atoms with Crippen molar-refractivity contribution >= 4 is 11.3 Å². The van der Waals surface area contributed by atoms with Crippen molar-refractivity contribution in [3.8, 4) is 10.6 Å². The van der Waals surface area contributed by atoms with E-state index in [0.717, 1.165) is 36.8 Å². The normalized spacial score (nSPS) is 11.4. The van der Waals surface area contributed by atoms with E-state index < -0.39 is 0 Å². The van der Waals surface area contributed by atoms with Gasteiger partial charge >= 0.3 is 0 Å². The number of nitrogens with zero attached hydrogens (tertiary/aromatic N) is 4. The Hall–Kier alpha value is -1.96. The number of hydrogen-bond donors (Lipinski definition) is 1. The van der Waals surface area contributed by atoms with Crippen molar-refractivity contribution in [2.45, 2.75) is 19.6 Å².